The Balaban J connectivity index is 1.38. The standard InChI is InChI=1S/C17H18N4O2S/c1-20-16(23)18-9-17(20)10-21(11-17)14(22)7-13-8-24-15(19-13)12-5-3-2-4-6-12/h2-6,8H,7,9-11H2,1H3,(H,18,23). The molecule has 124 valence electrons. The van der Waals surface area contributed by atoms with E-state index in [4.69, 9.17) is 0 Å². The van der Waals surface area contributed by atoms with Crippen LogP contribution in [-0.2, 0) is 11.2 Å². The summed E-state index contributed by atoms with van der Waals surface area (Å²) in [5, 5.41) is 5.71. The molecule has 0 saturated carbocycles. The fourth-order valence-electron chi connectivity index (χ4n) is 3.23. The summed E-state index contributed by atoms with van der Waals surface area (Å²) in [5.74, 6) is 0.0679. The Hall–Kier alpha value is -2.41. The lowest BCUT2D eigenvalue weighted by atomic mass is 9.89. The van der Waals surface area contributed by atoms with Gasteiger partial charge >= 0.3 is 6.03 Å². The highest BCUT2D eigenvalue weighted by Gasteiger charge is 2.53. The first-order chi connectivity index (χ1) is 11.6. The van der Waals surface area contributed by atoms with E-state index >= 15 is 0 Å². The van der Waals surface area contributed by atoms with Crippen LogP contribution in [0.3, 0.4) is 0 Å². The minimum absolute atomic E-state index is 0.0610. The highest BCUT2D eigenvalue weighted by Crippen LogP contribution is 2.31. The molecule has 2 aromatic rings. The van der Waals surface area contributed by atoms with Gasteiger partial charge in [-0.3, -0.25) is 4.79 Å². The summed E-state index contributed by atoms with van der Waals surface area (Å²) in [6.07, 6.45) is 0.310. The third-order valence-corrected chi connectivity index (χ3v) is 5.75. The first-order valence-electron chi connectivity index (χ1n) is 7.87. The predicted molar refractivity (Wildman–Crippen MR) is 91.7 cm³/mol. The second-order valence-corrected chi connectivity index (χ2v) is 7.24. The number of thiazole rings is 1. The number of likely N-dealkylation sites (N-methyl/N-ethyl adjacent to an activating group) is 1. The highest BCUT2D eigenvalue weighted by molar-refractivity contribution is 7.13. The van der Waals surface area contributed by atoms with Crippen LogP contribution in [0.15, 0.2) is 35.7 Å². The Morgan fingerprint density at radius 1 is 1.33 bits per heavy atom. The lowest BCUT2D eigenvalue weighted by molar-refractivity contribution is -0.141. The van der Waals surface area contributed by atoms with Crippen LogP contribution < -0.4 is 5.32 Å². The van der Waals surface area contributed by atoms with Gasteiger partial charge in [0.25, 0.3) is 0 Å². The van der Waals surface area contributed by atoms with Gasteiger partial charge in [-0.15, -0.1) is 11.3 Å². The topological polar surface area (TPSA) is 65.5 Å². The molecule has 1 N–H and O–H groups in total. The number of carbonyl (C=O) groups excluding carboxylic acids is 2. The Labute approximate surface area is 144 Å². The minimum Gasteiger partial charge on any atom is -0.337 e. The molecule has 7 heteroatoms. The first-order valence-corrected chi connectivity index (χ1v) is 8.75. The molecular weight excluding hydrogens is 324 g/mol. The average Bonchev–Trinajstić information content (AvgIpc) is 3.13. The first kappa shape index (κ1) is 15.1. The van der Waals surface area contributed by atoms with Gasteiger partial charge in [0.15, 0.2) is 0 Å². The van der Waals surface area contributed by atoms with E-state index in [1.807, 2.05) is 35.7 Å². The maximum Gasteiger partial charge on any atom is 0.317 e. The Morgan fingerprint density at radius 3 is 2.75 bits per heavy atom. The monoisotopic (exact) mass is 342 g/mol. The summed E-state index contributed by atoms with van der Waals surface area (Å²) < 4.78 is 0. The molecule has 0 atom stereocenters. The summed E-state index contributed by atoms with van der Waals surface area (Å²) in [7, 11) is 1.79. The van der Waals surface area contributed by atoms with E-state index in [1.165, 1.54) is 0 Å². The van der Waals surface area contributed by atoms with Crippen molar-refractivity contribution in [2.75, 3.05) is 26.7 Å². The largest absolute Gasteiger partial charge is 0.337 e. The molecule has 4 rings (SSSR count). The van der Waals surface area contributed by atoms with Crippen molar-refractivity contribution in [2.45, 2.75) is 12.0 Å². The van der Waals surface area contributed by atoms with Gasteiger partial charge in [-0.05, 0) is 0 Å². The highest BCUT2D eigenvalue weighted by atomic mass is 32.1. The molecule has 6 nitrogen and oxygen atoms in total. The third-order valence-electron chi connectivity index (χ3n) is 4.81. The van der Waals surface area contributed by atoms with Crippen LogP contribution in [0.2, 0.25) is 0 Å². The normalized spacial score (nSPS) is 18.6. The number of hydrogen-bond donors (Lipinski definition) is 1. The third kappa shape index (κ3) is 2.45. The van der Waals surface area contributed by atoms with Gasteiger partial charge in [-0.25, -0.2) is 9.78 Å². The van der Waals surface area contributed by atoms with Crippen molar-refractivity contribution in [1.29, 1.82) is 0 Å². The van der Waals surface area contributed by atoms with Crippen LogP contribution in [0.1, 0.15) is 5.69 Å². The van der Waals surface area contributed by atoms with Gasteiger partial charge in [-0.2, -0.15) is 0 Å². The molecule has 0 radical (unpaired) electrons. The molecule has 0 unspecified atom stereocenters. The average molecular weight is 342 g/mol. The van der Waals surface area contributed by atoms with Gasteiger partial charge in [0.05, 0.1) is 17.7 Å². The molecule has 24 heavy (non-hydrogen) atoms. The van der Waals surface area contributed by atoms with Gasteiger partial charge < -0.3 is 15.1 Å². The van der Waals surface area contributed by atoms with Gasteiger partial charge in [0, 0.05) is 37.6 Å². The molecule has 0 bridgehead atoms. The molecule has 3 heterocycles. The molecule has 1 spiro atoms. The van der Waals surface area contributed by atoms with E-state index in [0.29, 0.717) is 26.1 Å². The second-order valence-electron chi connectivity index (χ2n) is 6.38. The molecule has 2 fully saturated rings. The van der Waals surface area contributed by atoms with Crippen LogP contribution in [0, 0.1) is 0 Å². The van der Waals surface area contributed by atoms with E-state index in [9.17, 15) is 9.59 Å². The van der Waals surface area contributed by atoms with Gasteiger partial charge in [0.1, 0.15) is 5.01 Å². The van der Waals surface area contributed by atoms with Crippen molar-refractivity contribution < 1.29 is 9.59 Å². The molecule has 2 aliphatic heterocycles. The fraction of sp³-hybridized carbons (Fsp3) is 0.353. The van der Waals surface area contributed by atoms with Crippen LogP contribution in [-0.4, -0.2) is 58.9 Å². The number of rotatable bonds is 3. The van der Waals surface area contributed by atoms with Gasteiger partial charge in [0.2, 0.25) is 5.91 Å². The second kappa shape index (κ2) is 5.59. The van der Waals surface area contributed by atoms with Crippen molar-refractivity contribution in [3.8, 4) is 10.6 Å². The van der Waals surface area contributed by atoms with Crippen LogP contribution in [0.5, 0.6) is 0 Å². The van der Waals surface area contributed by atoms with Crippen molar-refractivity contribution in [3.63, 3.8) is 0 Å². The number of hydrogen-bond acceptors (Lipinski definition) is 4. The van der Waals surface area contributed by atoms with E-state index in [2.05, 4.69) is 10.3 Å². The molecule has 0 aliphatic carbocycles. The Morgan fingerprint density at radius 2 is 2.08 bits per heavy atom. The lowest BCUT2D eigenvalue weighted by Crippen LogP contribution is -2.70. The molecule has 1 aromatic heterocycles. The smallest absolute Gasteiger partial charge is 0.317 e. The number of carbonyl (C=O) groups is 2. The van der Waals surface area contributed by atoms with Crippen molar-refractivity contribution in [1.82, 2.24) is 20.1 Å². The summed E-state index contributed by atoms with van der Waals surface area (Å²) in [6, 6.07) is 9.91. The Kier molecular flexibility index (Phi) is 3.53. The van der Waals surface area contributed by atoms with Gasteiger partial charge in [-0.1, -0.05) is 30.3 Å². The van der Waals surface area contributed by atoms with Crippen LogP contribution >= 0.6 is 11.3 Å². The zero-order chi connectivity index (χ0) is 16.7. The number of aromatic nitrogens is 1. The molecule has 2 aliphatic rings. The van der Waals surface area contributed by atoms with Crippen LogP contribution in [0.25, 0.3) is 10.6 Å². The number of nitrogens with one attached hydrogen (secondary N) is 1. The van der Waals surface area contributed by atoms with Crippen molar-refractivity contribution >= 4 is 23.3 Å². The maximum absolute atomic E-state index is 12.4. The summed E-state index contributed by atoms with van der Waals surface area (Å²) >= 11 is 1.56. The summed E-state index contributed by atoms with van der Waals surface area (Å²) in [5.41, 5.74) is 1.66. The zero-order valence-electron chi connectivity index (χ0n) is 13.4. The van der Waals surface area contributed by atoms with Crippen LogP contribution in [0.4, 0.5) is 4.79 Å². The summed E-state index contributed by atoms with van der Waals surface area (Å²) in [4.78, 5) is 32.1. The van der Waals surface area contributed by atoms with Crippen molar-refractivity contribution in [3.05, 3.63) is 41.4 Å². The number of benzene rings is 1. The molecule has 3 amide bonds. The van der Waals surface area contributed by atoms with Crippen molar-refractivity contribution in [2.24, 2.45) is 0 Å². The number of nitrogens with zero attached hydrogens (tertiary/aromatic N) is 3. The summed E-state index contributed by atoms with van der Waals surface area (Å²) in [6.45, 7) is 1.80. The maximum atomic E-state index is 12.4. The fourth-order valence-corrected chi connectivity index (χ4v) is 4.05. The predicted octanol–water partition coefficient (Wildman–Crippen LogP) is 1.59. The zero-order valence-corrected chi connectivity index (χ0v) is 14.2. The quantitative estimate of drug-likeness (QED) is 0.921. The van der Waals surface area contributed by atoms with E-state index < -0.39 is 0 Å². The minimum atomic E-state index is -0.218. The van der Waals surface area contributed by atoms with E-state index in [0.717, 1.165) is 16.3 Å². The SMILES string of the molecule is CN1C(=O)NCC12CN(C(=O)Cc1csc(-c3ccccc3)n1)C2. The van der Waals surface area contributed by atoms with E-state index in [-0.39, 0.29) is 17.5 Å². The lowest BCUT2D eigenvalue weighted by Gasteiger charge is -2.50. The number of likely N-dealkylation sites (tertiary alicyclic amines) is 1. The van der Waals surface area contributed by atoms with E-state index in [1.54, 1.807) is 28.2 Å². The number of urea groups is 1. The molecular formula is C17H18N4O2S. The molecule has 2 saturated heterocycles. The molecule has 1 aromatic carbocycles. The Bertz CT molecular complexity index is 783. The number of amides is 3.